The number of ether oxygens (including phenoxy) is 1. The standard InChI is InChI=1S/C11H11N4O/c1-7-5-11(14-15-12)9-4-3-8(16-2)6-10(9)13-7/h3-6,12H,1-2H3/q+1. The average molecular weight is 215 g/mol. The summed E-state index contributed by atoms with van der Waals surface area (Å²) in [5, 5.41) is 4.63. The number of rotatable bonds is 2. The highest BCUT2D eigenvalue weighted by atomic mass is 16.5. The highest BCUT2D eigenvalue weighted by Gasteiger charge is 2.07. The van der Waals surface area contributed by atoms with E-state index in [-0.39, 0.29) is 0 Å². The Hall–Kier alpha value is -2.26. The number of hydrogen-bond donors (Lipinski definition) is 1. The molecule has 0 aliphatic heterocycles. The Balaban J connectivity index is 2.77. The lowest BCUT2D eigenvalue weighted by molar-refractivity contribution is 0.415. The van der Waals surface area contributed by atoms with E-state index in [1.165, 1.54) is 0 Å². The molecule has 16 heavy (non-hydrogen) atoms. The molecule has 1 heterocycles. The average Bonchev–Trinajstić information content (AvgIpc) is 2.28. The normalized spacial score (nSPS) is 9.88. The minimum Gasteiger partial charge on any atom is -0.497 e. The fourth-order valence-corrected chi connectivity index (χ4v) is 1.58. The van der Waals surface area contributed by atoms with Gasteiger partial charge in [0.1, 0.15) is 11.3 Å². The predicted molar refractivity (Wildman–Crippen MR) is 60.0 cm³/mol. The first kappa shape index (κ1) is 10.3. The van der Waals surface area contributed by atoms with Crippen molar-refractivity contribution in [1.82, 2.24) is 9.90 Å². The molecule has 0 aliphatic carbocycles. The Bertz CT molecular complexity index is 588. The van der Waals surface area contributed by atoms with Gasteiger partial charge in [-0.2, -0.15) is 0 Å². The van der Waals surface area contributed by atoms with Crippen LogP contribution in [0.15, 0.2) is 29.4 Å². The van der Waals surface area contributed by atoms with Crippen molar-refractivity contribution < 1.29 is 4.74 Å². The second-order valence-electron chi connectivity index (χ2n) is 3.37. The van der Waals surface area contributed by atoms with Gasteiger partial charge >= 0.3 is 0 Å². The predicted octanol–water partition coefficient (Wildman–Crippen LogP) is 2.73. The Morgan fingerprint density at radius 3 is 2.88 bits per heavy atom. The Morgan fingerprint density at radius 2 is 2.19 bits per heavy atom. The molecule has 0 saturated carbocycles. The van der Waals surface area contributed by atoms with Crippen LogP contribution in [0.3, 0.4) is 0 Å². The van der Waals surface area contributed by atoms with Gasteiger partial charge < -0.3 is 4.74 Å². The minimum atomic E-state index is 0.653. The van der Waals surface area contributed by atoms with E-state index in [0.717, 1.165) is 22.3 Å². The highest BCUT2D eigenvalue weighted by molar-refractivity contribution is 5.90. The molecule has 0 unspecified atom stereocenters. The summed E-state index contributed by atoms with van der Waals surface area (Å²) in [6, 6.07) is 7.34. The number of nitrogens with one attached hydrogen (secondary N) is 1. The van der Waals surface area contributed by atoms with E-state index in [9.17, 15) is 0 Å². The summed E-state index contributed by atoms with van der Waals surface area (Å²) in [6.45, 7) is 1.88. The zero-order chi connectivity index (χ0) is 11.5. The smallest absolute Gasteiger partial charge is 0.220 e. The van der Waals surface area contributed by atoms with Gasteiger partial charge in [-0.05, 0) is 25.1 Å². The zero-order valence-corrected chi connectivity index (χ0v) is 9.06. The molecule has 0 spiro atoms. The topological polar surface area (TPSA) is 72.4 Å². The fraction of sp³-hybridized carbons (Fsp3) is 0.182. The zero-order valence-electron chi connectivity index (χ0n) is 9.06. The van der Waals surface area contributed by atoms with Crippen LogP contribution in [0, 0.1) is 12.5 Å². The Morgan fingerprint density at radius 1 is 1.38 bits per heavy atom. The van der Waals surface area contributed by atoms with Crippen LogP contribution in [0.4, 0.5) is 5.69 Å². The minimum absolute atomic E-state index is 0.653. The number of pyridine rings is 1. The molecule has 2 rings (SSSR count). The molecule has 80 valence electrons. The van der Waals surface area contributed by atoms with Crippen molar-refractivity contribution in [2.45, 2.75) is 6.92 Å². The van der Waals surface area contributed by atoms with Gasteiger partial charge in [0.05, 0.1) is 12.6 Å². The van der Waals surface area contributed by atoms with Crippen LogP contribution < -0.4 is 9.65 Å². The quantitative estimate of drug-likeness (QED) is 0.617. The van der Waals surface area contributed by atoms with Crippen molar-refractivity contribution in [3.8, 4) is 5.75 Å². The molecule has 1 aromatic carbocycles. The summed E-state index contributed by atoms with van der Waals surface area (Å²) in [4.78, 5) is 7.44. The molecule has 0 aliphatic rings. The third-order valence-electron chi connectivity index (χ3n) is 2.28. The van der Waals surface area contributed by atoms with Gasteiger partial charge in [-0.15, -0.1) is 0 Å². The van der Waals surface area contributed by atoms with Crippen LogP contribution in [0.25, 0.3) is 10.9 Å². The number of nitrogens with zero attached hydrogens (tertiary/aromatic N) is 3. The summed E-state index contributed by atoms with van der Waals surface area (Å²) in [6.07, 6.45) is 0. The molecule has 5 heteroatoms. The van der Waals surface area contributed by atoms with Crippen molar-refractivity contribution in [2.75, 3.05) is 7.11 Å². The lowest BCUT2D eigenvalue weighted by Crippen LogP contribution is -1.87. The number of hydrogen-bond acceptors (Lipinski definition) is 4. The number of aromatic nitrogens is 1. The van der Waals surface area contributed by atoms with Crippen LogP contribution in [-0.2, 0) is 0 Å². The molecule has 1 N–H and O–H groups in total. The maximum Gasteiger partial charge on any atom is 0.220 e. The van der Waals surface area contributed by atoms with Gasteiger partial charge in [0.15, 0.2) is 10.8 Å². The number of benzene rings is 1. The van der Waals surface area contributed by atoms with Crippen molar-refractivity contribution in [3.05, 3.63) is 30.0 Å². The summed E-state index contributed by atoms with van der Waals surface area (Å²) in [5.41, 5.74) is 9.06. The number of aryl methyl sites for hydroxylation is 1. The third-order valence-corrected chi connectivity index (χ3v) is 2.28. The van der Waals surface area contributed by atoms with E-state index < -0.39 is 0 Å². The molecule has 1 aromatic heterocycles. The first-order valence-electron chi connectivity index (χ1n) is 4.77. The monoisotopic (exact) mass is 215 g/mol. The van der Waals surface area contributed by atoms with Crippen LogP contribution in [0.5, 0.6) is 5.75 Å². The van der Waals surface area contributed by atoms with E-state index in [1.54, 1.807) is 13.2 Å². The summed E-state index contributed by atoms with van der Waals surface area (Å²) in [5.74, 6) is 0.749. The van der Waals surface area contributed by atoms with Crippen LogP contribution in [0.2, 0.25) is 0 Å². The van der Waals surface area contributed by atoms with E-state index in [4.69, 9.17) is 10.3 Å². The van der Waals surface area contributed by atoms with Gasteiger partial charge in [0, 0.05) is 17.1 Å². The van der Waals surface area contributed by atoms with E-state index in [2.05, 4.69) is 15.0 Å². The maximum atomic E-state index is 6.78. The van der Waals surface area contributed by atoms with Crippen LogP contribution in [0.1, 0.15) is 5.69 Å². The molecule has 0 bridgehead atoms. The number of fused-ring (bicyclic) bond motifs is 1. The van der Waals surface area contributed by atoms with E-state index in [1.807, 2.05) is 25.1 Å². The van der Waals surface area contributed by atoms with E-state index in [0.29, 0.717) is 5.69 Å². The second-order valence-corrected chi connectivity index (χ2v) is 3.37. The summed E-state index contributed by atoms with van der Waals surface area (Å²) in [7, 11) is 1.61. The Labute approximate surface area is 92.3 Å². The molecule has 0 fully saturated rings. The lowest BCUT2D eigenvalue weighted by atomic mass is 10.1. The largest absolute Gasteiger partial charge is 0.497 e. The fourth-order valence-electron chi connectivity index (χ4n) is 1.58. The number of methoxy groups -OCH3 is 1. The highest BCUT2D eigenvalue weighted by Crippen LogP contribution is 2.28. The van der Waals surface area contributed by atoms with Gasteiger partial charge in [0.25, 0.3) is 0 Å². The third kappa shape index (κ3) is 1.76. The van der Waals surface area contributed by atoms with Gasteiger partial charge in [0.2, 0.25) is 4.91 Å². The van der Waals surface area contributed by atoms with Gasteiger partial charge in [-0.1, -0.05) is 0 Å². The van der Waals surface area contributed by atoms with Crippen molar-refractivity contribution in [2.24, 2.45) is 5.11 Å². The van der Waals surface area contributed by atoms with Crippen molar-refractivity contribution in [3.63, 3.8) is 0 Å². The Kier molecular flexibility index (Phi) is 2.62. The molecular formula is C11H11N4O+. The van der Waals surface area contributed by atoms with Crippen LogP contribution >= 0.6 is 0 Å². The summed E-state index contributed by atoms with van der Waals surface area (Å²) < 4.78 is 5.13. The molecule has 0 saturated heterocycles. The van der Waals surface area contributed by atoms with Crippen molar-refractivity contribution >= 4 is 16.6 Å². The van der Waals surface area contributed by atoms with Gasteiger partial charge in [-0.25, -0.2) is 0 Å². The van der Waals surface area contributed by atoms with Crippen LogP contribution in [-0.4, -0.2) is 12.1 Å². The maximum absolute atomic E-state index is 6.78. The van der Waals surface area contributed by atoms with Gasteiger partial charge in [-0.3, -0.25) is 4.98 Å². The molecule has 0 radical (unpaired) electrons. The SMILES string of the molecule is COc1ccc2c(N=[N+]=N)cc(C)nc2c1. The molecule has 0 atom stereocenters. The lowest BCUT2D eigenvalue weighted by Gasteiger charge is -2.03. The first-order chi connectivity index (χ1) is 7.74. The summed E-state index contributed by atoms with van der Waals surface area (Å²) >= 11 is 0. The first-order valence-corrected chi connectivity index (χ1v) is 4.77. The second kappa shape index (κ2) is 4.08. The molecule has 2 aromatic rings. The van der Waals surface area contributed by atoms with E-state index >= 15 is 0 Å². The molecular weight excluding hydrogens is 204 g/mol. The van der Waals surface area contributed by atoms with Crippen molar-refractivity contribution in [1.29, 1.82) is 5.53 Å². The molecule has 0 amide bonds. The molecule has 5 nitrogen and oxygen atoms in total.